The van der Waals surface area contributed by atoms with Gasteiger partial charge < -0.3 is 9.84 Å². The molecule has 0 aromatic carbocycles. The van der Waals surface area contributed by atoms with Crippen LogP contribution in [0.15, 0.2) is 0 Å². The molecule has 78 valence electrons. The van der Waals surface area contributed by atoms with Gasteiger partial charge in [-0.2, -0.15) is 8.42 Å². The van der Waals surface area contributed by atoms with E-state index in [9.17, 15) is 13.2 Å². The van der Waals surface area contributed by atoms with Crippen molar-refractivity contribution in [3.63, 3.8) is 0 Å². The zero-order valence-corrected chi connectivity index (χ0v) is 7.87. The van der Waals surface area contributed by atoms with E-state index in [1.54, 1.807) is 0 Å². The van der Waals surface area contributed by atoms with E-state index in [4.69, 9.17) is 9.66 Å². The van der Waals surface area contributed by atoms with Crippen LogP contribution in [0.1, 0.15) is 13.8 Å². The number of carbonyl (C=O) groups excluding carboxylic acids is 1. The number of aliphatic hydroxyl groups is 1. The highest BCUT2D eigenvalue weighted by molar-refractivity contribution is 7.80. The lowest BCUT2D eigenvalue weighted by Gasteiger charge is -2.18. The average Bonchev–Trinajstić information content (AvgIpc) is 1.82. The summed E-state index contributed by atoms with van der Waals surface area (Å²) in [5, 5.41) is 9.01. The van der Waals surface area contributed by atoms with Gasteiger partial charge in [0, 0.05) is 6.92 Å². The van der Waals surface area contributed by atoms with E-state index in [-0.39, 0.29) is 6.61 Å². The maximum Gasteiger partial charge on any atom is 0.400 e. The SMILES string of the molecule is CCOC(=O)C(C)(O)OS(=O)(=O)O. The van der Waals surface area contributed by atoms with Gasteiger partial charge in [-0.3, -0.25) is 4.55 Å². The highest BCUT2D eigenvalue weighted by atomic mass is 32.3. The summed E-state index contributed by atoms with van der Waals surface area (Å²) in [6, 6.07) is 0. The predicted molar refractivity (Wildman–Crippen MR) is 39.9 cm³/mol. The highest BCUT2D eigenvalue weighted by Gasteiger charge is 2.38. The average molecular weight is 214 g/mol. The number of rotatable bonds is 4. The first-order chi connectivity index (χ1) is 5.69. The second-order valence-electron chi connectivity index (χ2n) is 2.21. The minimum atomic E-state index is -4.90. The lowest BCUT2D eigenvalue weighted by Crippen LogP contribution is -2.41. The van der Waals surface area contributed by atoms with Gasteiger partial charge in [-0.25, -0.2) is 8.98 Å². The Kier molecular flexibility index (Phi) is 3.79. The number of carbonyl (C=O) groups is 1. The monoisotopic (exact) mass is 214 g/mol. The molecule has 2 N–H and O–H groups in total. The Labute approximate surface area is 75.2 Å². The first kappa shape index (κ1) is 12.3. The van der Waals surface area contributed by atoms with Gasteiger partial charge in [0.15, 0.2) is 0 Å². The van der Waals surface area contributed by atoms with Crippen LogP contribution in [0.25, 0.3) is 0 Å². The number of hydrogen-bond donors (Lipinski definition) is 2. The molecule has 0 bridgehead atoms. The molecule has 0 aromatic heterocycles. The van der Waals surface area contributed by atoms with E-state index in [1.807, 2.05) is 0 Å². The minimum absolute atomic E-state index is 0.0518. The number of esters is 1. The smallest absolute Gasteiger partial charge is 0.400 e. The zero-order valence-electron chi connectivity index (χ0n) is 7.05. The van der Waals surface area contributed by atoms with E-state index in [1.165, 1.54) is 6.92 Å². The van der Waals surface area contributed by atoms with Crippen molar-refractivity contribution < 1.29 is 31.8 Å². The van der Waals surface area contributed by atoms with Gasteiger partial charge in [-0.15, -0.1) is 0 Å². The van der Waals surface area contributed by atoms with Crippen molar-refractivity contribution in [1.29, 1.82) is 0 Å². The van der Waals surface area contributed by atoms with Crippen molar-refractivity contribution in [2.24, 2.45) is 0 Å². The maximum atomic E-state index is 10.8. The van der Waals surface area contributed by atoms with Crippen LogP contribution in [0.5, 0.6) is 0 Å². The summed E-state index contributed by atoms with van der Waals surface area (Å²) >= 11 is 0. The molecule has 13 heavy (non-hydrogen) atoms. The van der Waals surface area contributed by atoms with Gasteiger partial charge in [0.25, 0.3) is 5.79 Å². The van der Waals surface area contributed by atoms with Crippen LogP contribution >= 0.6 is 0 Å². The van der Waals surface area contributed by atoms with E-state index in [2.05, 4.69) is 8.92 Å². The van der Waals surface area contributed by atoms with Crippen molar-refractivity contribution in [3.05, 3.63) is 0 Å². The molecular formula is C5H10O7S. The lowest BCUT2D eigenvalue weighted by atomic mass is 10.3. The first-order valence-electron chi connectivity index (χ1n) is 3.26. The van der Waals surface area contributed by atoms with Crippen molar-refractivity contribution >= 4 is 16.4 Å². The Morgan fingerprint density at radius 2 is 2.00 bits per heavy atom. The Morgan fingerprint density at radius 3 is 2.31 bits per heavy atom. The molecule has 0 aromatic rings. The van der Waals surface area contributed by atoms with Crippen molar-refractivity contribution in [3.8, 4) is 0 Å². The Hall–Kier alpha value is -0.700. The Balaban J connectivity index is 4.49. The highest BCUT2D eigenvalue weighted by Crippen LogP contribution is 2.11. The largest absolute Gasteiger partial charge is 0.462 e. The van der Waals surface area contributed by atoms with E-state index in [0.29, 0.717) is 0 Å². The number of hydrogen-bond acceptors (Lipinski definition) is 6. The zero-order chi connectivity index (χ0) is 10.7. The van der Waals surface area contributed by atoms with Crippen molar-refractivity contribution in [2.75, 3.05) is 6.61 Å². The quantitative estimate of drug-likeness (QED) is 0.353. The minimum Gasteiger partial charge on any atom is -0.462 e. The lowest BCUT2D eigenvalue weighted by molar-refractivity contribution is -0.194. The van der Waals surface area contributed by atoms with Crippen LogP contribution in [0, 0.1) is 0 Å². The molecule has 7 nitrogen and oxygen atoms in total. The predicted octanol–water partition coefficient (Wildman–Crippen LogP) is -0.923. The molecular weight excluding hydrogens is 204 g/mol. The van der Waals surface area contributed by atoms with Gasteiger partial charge in [0.1, 0.15) is 0 Å². The molecule has 1 atom stereocenters. The van der Waals surface area contributed by atoms with Gasteiger partial charge in [-0.1, -0.05) is 0 Å². The molecule has 0 aliphatic carbocycles. The summed E-state index contributed by atoms with van der Waals surface area (Å²) in [6.45, 7) is 2.14. The molecule has 0 aliphatic rings. The molecule has 0 spiro atoms. The van der Waals surface area contributed by atoms with Gasteiger partial charge >= 0.3 is 16.4 Å². The maximum absolute atomic E-state index is 10.8. The molecule has 8 heteroatoms. The number of ether oxygens (including phenoxy) is 1. The Morgan fingerprint density at radius 1 is 1.54 bits per heavy atom. The third-order valence-corrected chi connectivity index (χ3v) is 1.46. The molecule has 0 amide bonds. The third kappa shape index (κ3) is 4.78. The molecule has 0 fully saturated rings. The standard InChI is InChI=1S/C5H10O7S/c1-3-11-4(6)5(2,7)12-13(8,9)10/h7H,3H2,1-2H3,(H,8,9,10). The second-order valence-corrected chi connectivity index (χ2v) is 3.24. The van der Waals surface area contributed by atoms with E-state index >= 15 is 0 Å². The Bertz CT molecular complexity index is 277. The van der Waals surface area contributed by atoms with Gasteiger partial charge in [0.2, 0.25) is 0 Å². The van der Waals surface area contributed by atoms with Crippen LogP contribution in [-0.4, -0.2) is 36.4 Å². The third-order valence-electron chi connectivity index (χ3n) is 0.922. The first-order valence-corrected chi connectivity index (χ1v) is 4.63. The van der Waals surface area contributed by atoms with E-state index in [0.717, 1.165) is 6.92 Å². The summed E-state index contributed by atoms with van der Waals surface area (Å²) in [5.74, 6) is -4.00. The van der Waals surface area contributed by atoms with Crippen molar-refractivity contribution in [1.82, 2.24) is 0 Å². The van der Waals surface area contributed by atoms with Crippen LogP contribution in [0.2, 0.25) is 0 Å². The summed E-state index contributed by atoms with van der Waals surface area (Å²) < 4.78 is 36.3. The summed E-state index contributed by atoms with van der Waals surface area (Å²) in [7, 11) is -4.90. The summed E-state index contributed by atoms with van der Waals surface area (Å²) in [4.78, 5) is 10.8. The summed E-state index contributed by atoms with van der Waals surface area (Å²) in [5.41, 5.74) is 0. The van der Waals surface area contributed by atoms with Gasteiger partial charge in [-0.05, 0) is 6.92 Å². The van der Waals surface area contributed by atoms with Gasteiger partial charge in [0.05, 0.1) is 6.61 Å². The normalized spacial score (nSPS) is 16.3. The molecule has 0 saturated carbocycles. The molecule has 1 unspecified atom stereocenters. The van der Waals surface area contributed by atoms with Crippen LogP contribution in [0.4, 0.5) is 0 Å². The molecule has 0 saturated heterocycles. The molecule has 0 heterocycles. The molecule has 0 aliphatic heterocycles. The topological polar surface area (TPSA) is 110 Å². The fourth-order valence-electron chi connectivity index (χ4n) is 0.504. The summed E-state index contributed by atoms with van der Waals surface area (Å²) in [6.07, 6.45) is 0. The van der Waals surface area contributed by atoms with Crippen molar-refractivity contribution in [2.45, 2.75) is 19.6 Å². The van der Waals surface area contributed by atoms with Crippen LogP contribution in [0.3, 0.4) is 0 Å². The fourth-order valence-corrected chi connectivity index (χ4v) is 0.982. The fraction of sp³-hybridized carbons (Fsp3) is 0.800. The van der Waals surface area contributed by atoms with Crippen LogP contribution in [-0.2, 0) is 24.1 Å². The van der Waals surface area contributed by atoms with Crippen LogP contribution < -0.4 is 0 Å². The van der Waals surface area contributed by atoms with E-state index < -0.39 is 22.2 Å². The molecule has 0 radical (unpaired) electrons. The molecule has 0 rings (SSSR count). The second kappa shape index (κ2) is 4.01.